The van der Waals surface area contributed by atoms with Crippen molar-refractivity contribution >= 4 is 17.6 Å². The molecule has 0 fully saturated rings. The molecule has 2 rings (SSSR count). The Labute approximate surface area is 169 Å². The highest BCUT2D eigenvalue weighted by Gasteiger charge is 2.21. The van der Waals surface area contributed by atoms with Gasteiger partial charge < -0.3 is 9.47 Å². The van der Waals surface area contributed by atoms with Crippen LogP contribution in [-0.4, -0.2) is 23.5 Å². The van der Waals surface area contributed by atoms with Crippen LogP contribution in [0, 0.1) is 17.0 Å². The van der Waals surface area contributed by atoms with Gasteiger partial charge in [-0.3, -0.25) is 10.1 Å². The summed E-state index contributed by atoms with van der Waals surface area (Å²) in [6, 6.07) is 11.0. The molecule has 7 heteroatoms. The molecule has 0 bridgehead atoms. The predicted octanol–water partition coefficient (Wildman–Crippen LogP) is 5.00. The molecule has 0 saturated carbocycles. The number of carbonyl (C=O) groups excluding carboxylic acids is 2. The molecule has 2 aromatic rings. The van der Waals surface area contributed by atoms with Crippen molar-refractivity contribution in [3.63, 3.8) is 0 Å². The van der Waals surface area contributed by atoms with Gasteiger partial charge in [0.1, 0.15) is 6.61 Å². The standard InChI is InChI=1S/C22H25NO6/c1-3-4-5-8-14-28-21(24)18-12-6-7-13-19(18)22(25)29-15-17-11-9-10-16(2)20(17)23(26)27/h6-7,9-13H,3-5,8,14-15H2,1-2H3. The van der Waals surface area contributed by atoms with Crippen molar-refractivity contribution in [1.29, 1.82) is 0 Å². The van der Waals surface area contributed by atoms with Crippen LogP contribution < -0.4 is 0 Å². The van der Waals surface area contributed by atoms with Gasteiger partial charge in [-0.1, -0.05) is 50.5 Å². The molecule has 0 aliphatic carbocycles. The van der Waals surface area contributed by atoms with Crippen molar-refractivity contribution in [2.24, 2.45) is 0 Å². The Morgan fingerprint density at radius 1 is 0.931 bits per heavy atom. The van der Waals surface area contributed by atoms with E-state index in [-0.39, 0.29) is 30.0 Å². The Morgan fingerprint density at radius 2 is 1.59 bits per heavy atom. The van der Waals surface area contributed by atoms with Gasteiger partial charge in [-0.05, 0) is 31.5 Å². The summed E-state index contributed by atoms with van der Waals surface area (Å²) in [5, 5.41) is 11.3. The Balaban J connectivity index is 2.06. The maximum atomic E-state index is 12.5. The molecule has 154 valence electrons. The van der Waals surface area contributed by atoms with Crippen LogP contribution in [0.4, 0.5) is 5.69 Å². The number of aryl methyl sites for hydroxylation is 1. The fraction of sp³-hybridized carbons (Fsp3) is 0.364. The molecule has 0 radical (unpaired) electrons. The Morgan fingerprint density at radius 3 is 2.21 bits per heavy atom. The highest BCUT2D eigenvalue weighted by atomic mass is 16.6. The van der Waals surface area contributed by atoms with Crippen LogP contribution in [0.25, 0.3) is 0 Å². The lowest BCUT2D eigenvalue weighted by molar-refractivity contribution is -0.386. The molecule has 0 unspecified atom stereocenters. The van der Waals surface area contributed by atoms with E-state index >= 15 is 0 Å². The summed E-state index contributed by atoms with van der Waals surface area (Å²) in [4.78, 5) is 35.6. The number of benzene rings is 2. The van der Waals surface area contributed by atoms with Gasteiger partial charge in [0.15, 0.2) is 0 Å². The van der Waals surface area contributed by atoms with Crippen LogP contribution in [0.2, 0.25) is 0 Å². The van der Waals surface area contributed by atoms with E-state index < -0.39 is 16.9 Å². The largest absolute Gasteiger partial charge is 0.462 e. The number of nitro benzene ring substituents is 1. The summed E-state index contributed by atoms with van der Waals surface area (Å²) in [5.74, 6) is -1.32. The second kappa shape index (κ2) is 10.9. The maximum absolute atomic E-state index is 12.5. The molecule has 29 heavy (non-hydrogen) atoms. The fourth-order valence-corrected chi connectivity index (χ4v) is 2.93. The van der Waals surface area contributed by atoms with E-state index in [9.17, 15) is 19.7 Å². The van der Waals surface area contributed by atoms with Gasteiger partial charge in [0, 0.05) is 5.56 Å². The number of nitro groups is 1. The molecule has 0 aromatic heterocycles. The zero-order valence-electron chi connectivity index (χ0n) is 16.7. The molecular weight excluding hydrogens is 374 g/mol. The van der Waals surface area contributed by atoms with Gasteiger partial charge in [-0.15, -0.1) is 0 Å². The molecule has 0 amide bonds. The minimum Gasteiger partial charge on any atom is -0.462 e. The molecular formula is C22H25NO6. The van der Waals surface area contributed by atoms with Gasteiger partial charge >= 0.3 is 11.9 Å². The van der Waals surface area contributed by atoms with Crippen molar-refractivity contribution in [1.82, 2.24) is 0 Å². The van der Waals surface area contributed by atoms with Crippen molar-refractivity contribution in [3.8, 4) is 0 Å². The molecule has 2 aromatic carbocycles. The average molecular weight is 399 g/mol. The maximum Gasteiger partial charge on any atom is 0.339 e. The molecule has 0 aliphatic rings. The second-order valence-corrected chi connectivity index (χ2v) is 6.66. The first-order valence-corrected chi connectivity index (χ1v) is 9.61. The second-order valence-electron chi connectivity index (χ2n) is 6.66. The van der Waals surface area contributed by atoms with Gasteiger partial charge in [-0.2, -0.15) is 0 Å². The van der Waals surface area contributed by atoms with Crippen LogP contribution in [0.1, 0.15) is 64.4 Å². The molecule has 0 atom stereocenters. The van der Waals surface area contributed by atoms with Crippen LogP contribution >= 0.6 is 0 Å². The lowest BCUT2D eigenvalue weighted by Crippen LogP contribution is -2.15. The Bertz CT molecular complexity index is 877. The number of nitrogens with zero attached hydrogens (tertiary/aromatic N) is 1. The van der Waals surface area contributed by atoms with E-state index in [1.54, 1.807) is 31.2 Å². The smallest absolute Gasteiger partial charge is 0.339 e. The van der Waals surface area contributed by atoms with E-state index in [4.69, 9.17) is 9.47 Å². The summed E-state index contributed by atoms with van der Waals surface area (Å²) in [6.45, 7) is 3.74. The Kier molecular flexibility index (Phi) is 8.33. The zero-order chi connectivity index (χ0) is 21.2. The number of unbranched alkanes of at least 4 members (excludes halogenated alkanes) is 3. The van der Waals surface area contributed by atoms with E-state index in [1.807, 2.05) is 0 Å². The van der Waals surface area contributed by atoms with Crippen molar-refractivity contribution in [3.05, 3.63) is 74.8 Å². The third-order valence-corrected chi connectivity index (χ3v) is 4.46. The molecule has 7 nitrogen and oxygen atoms in total. The number of para-hydroxylation sites is 1. The van der Waals surface area contributed by atoms with E-state index in [0.29, 0.717) is 11.1 Å². The predicted molar refractivity (Wildman–Crippen MR) is 108 cm³/mol. The van der Waals surface area contributed by atoms with Crippen molar-refractivity contribution < 1.29 is 24.0 Å². The highest BCUT2D eigenvalue weighted by Crippen LogP contribution is 2.24. The first-order chi connectivity index (χ1) is 14.0. The molecule has 0 aliphatic heterocycles. The number of rotatable bonds is 10. The SMILES string of the molecule is CCCCCCOC(=O)c1ccccc1C(=O)OCc1cccc(C)c1[N+](=O)[O-]. The van der Waals surface area contributed by atoms with Crippen molar-refractivity contribution in [2.45, 2.75) is 46.1 Å². The summed E-state index contributed by atoms with van der Waals surface area (Å²) >= 11 is 0. The molecule has 0 saturated heterocycles. The van der Waals surface area contributed by atoms with Crippen LogP contribution in [0.5, 0.6) is 0 Å². The summed E-state index contributed by atoms with van der Waals surface area (Å²) < 4.78 is 10.5. The normalized spacial score (nSPS) is 10.4. The number of ether oxygens (including phenoxy) is 2. The lowest BCUT2D eigenvalue weighted by atomic mass is 10.1. The highest BCUT2D eigenvalue weighted by molar-refractivity contribution is 6.03. The van der Waals surface area contributed by atoms with Crippen LogP contribution in [0.3, 0.4) is 0 Å². The minimum atomic E-state index is -0.737. The fourth-order valence-electron chi connectivity index (χ4n) is 2.93. The summed E-state index contributed by atoms with van der Waals surface area (Å²) in [6.07, 6.45) is 3.90. The van der Waals surface area contributed by atoms with E-state index in [1.165, 1.54) is 18.2 Å². The quantitative estimate of drug-likeness (QED) is 0.241. The van der Waals surface area contributed by atoms with Gasteiger partial charge in [0.05, 0.1) is 28.2 Å². The van der Waals surface area contributed by atoms with Crippen LogP contribution in [-0.2, 0) is 16.1 Å². The topological polar surface area (TPSA) is 95.7 Å². The summed E-state index contributed by atoms with van der Waals surface area (Å²) in [5.41, 5.74) is 0.878. The number of esters is 2. The third kappa shape index (κ3) is 6.14. The van der Waals surface area contributed by atoms with E-state index in [2.05, 4.69) is 6.92 Å². The van der Waals surface area contributed by atoms with Gasteiger partial charge in [-0.25, -0.2) is 9.59 Å². The van der Waals surface area contributed by atoms with E-state index in [0.717, 1.165) is 25.7 Å². The monoisotopic (exact) mass is 399 g/mol. The number of hydrogen-bond acceptors (Lipinski definition) is 6. The number of carbonyl (C=O) groups is 2. The van der Waals surface area contributed by atoms with Crippen LogP contribution in [0.15, 0.2) is 42.5 Å². The lowest BCUT2D eigenvalue weighted by Gasteiger charge is -2.10. The minimum absolute atomic E-state index is 0.0707. The number of hydrogen-bond donors (Lipinski definition) is 0. The average Bonchev–Trinajstić information content (AvgIpc) is 2.71. The summed E-state index contributed by atoms with van der Waals surface area (Å²) in [7, 11) is 0. The first kappa shape index (κ1) is 22.1. The molecule has 0 N–H and O–H groups in total. The Hall–Kier alpha value is -3.22. The molecule has 0 spiro atoms. The third-order valence-electron chi connectivity index (χ3n) is 4.46. The zero-order valence-corrected chi connectivity index (χ0v) is 16.7. The molecule has 0 heterocycles. The van der Waals surface area contributed by atoms with Gasteiger partial charge in [0.2, 0.25) is 0 Å². The van der Waals surface area contributed by atoms with Crippen molar-refractivity contribution in [2.75, 3.05) is 6.61 Å². The van der Waals surface area contributed by atoms with Gasteiger partial charge in [0.25, 0.3) is 5.69 Å². The first-order valence-electron chi connectivity index (χ1n) is 9.61.